The normalized spacial score (nSPS) is 13.0. The van der Waals surface area contributed by atoms with E-state index in [4.69, 9.17) is 9.15 Å². The predicted molar refractivity (Wildman–Crippen MR) is 107 cm³/mol. The third kappa shape index (κ3) is 2.91. The number of esters is 1. The summed E-state index contributed by atoms with van der Waals surface area (Å²) >= 11 is 0. The predicted octanol–water partition coefficient (Wildman–Crippen LogP) is 2.98. The third-order valence-corrected chi connectivity index (χ3v) is 5.19. The van der Waals surface area contributed by atoms with Gasteiger partial charge in [-0.2, -0.15) is 0 Å². The van der Waals surface area contributed by atoms with Crippen LogP contribution in [0.2, 0.25) is 0 Å². The minimum Gasteiger partial charge on any atom is -0.423 e. The van der Waals surface area contributed by atoms with Crippen molar-refractivity contribution in [3.05, 3.63) is 80.2 Å². The molecule has 0 fully saturated rings. The number of aromatic nitrogens is 2. The number of nitrogens with zero attached hydrogens (tertiary/aromatic N) is 2. The van der Waals surface area contributed by atoms with Crippen LogP contribution in [0.4, 0.5) is 0 Å². The van der Waals surface area contributed by atoms with Gasteiger partial charge >= 0.3 is 11.6 Å². The van der Waals surface area contributed by atoms with Crippen LogP contribution in [0.15, 0.2) is 56.5 Å². The number of hydrogen-bond donors (Lipinski definition) is 0. The molecule has 0 atom stereocenters. The van der Waals surface area contributed by atoms with Crippen molar-refractivity contribution < 1.29 is 13.9 Å². The number of rotatable bonds is 2. The van der Waals surface area contributed by atoms with Crippen LogP contribution in [0, 0.1) is 6.92 Å². The summed E-state index contributed by atoms with van der Waals surface area (Å²) in [6, 6.07) is 11.0. The Morgan fingerprint density at radius 1 is 1.10 bits per heavy atom. The molecule has 1 aliphatic heterocycles. The maximum absolute atomic E-state index is 12.6. The molecule has 2 aromatic carbocycles. The summed E-state index contributed by atoms with van der Waals surface area (Å²) in [6.07, 6.45) is 1.65. The van der Waals surface area contributed by atoms with E-state index in [1.54, 1.807) is 34.9 Å². The molecule has 0 amide bonds. The fourth-order valence-corrected chi connectivity index (χ4v) is 3.75. The van der Waals surface area contributed by atoms with Crippen LogP contribution < -0.4 is 15.9 Å². The highest BCUT2D eigenvalue weighted by Gasteiger charge is 2.18. The summed E-state index contributed by atoms with van der Waals surface area (Å²) in [6.45, 7) is 2.49. The van der Waals surface area contributed by atoms with Gasteiger partial charge in [-0.1, -0.05) is 0 Å². The Kier molecular flexibility index (Phi) is 3.84. The highest BCUT2D eigenvalue weighted by Crippen LogP contribution is 2.23. The molecule has 0 saturated heterocycles. The number of carbonyl (C=O) groups is 1. The summed E-state index contributed by atoms with van der Waals surface area (Å²) < 4.78 is 12.3. The molecule has 3 heterocycles. The lowest BCUT2D eigenvalue weighted by molar-refractivity contribution is 0.0735. The quantitative estimate of drug-likeness (QED) is 0.298. The maximum Gasteiger partial charge on any atom is 0.343 e. The average Bonchev–Trinajstić information content (AvgIpc) is 3.16. The highest BCUT2D eigenvalue weighted by molar-refractivity contribution is 5.95. The lowest BCUT2D eigenvalue weighted by Gasteiger charge is -2.08. The summed E-state index contributed by atoms with van der Waals surface area (Å²) in [5.74, 6) is 0.426. The molecule has 2 aromatic heterocycles. The van der Waals surface area contributed by atoms with E-state index in [1.807, 2.05) is 6.92 Å². The van der Waals surface area contributed by atoms with E-state index in [1.165, 1.54) is 12.1 Å². The number of ether oxygens (including phenoxy) is 1. The van der Waals surface area contributed by atoms with E-state index in [0.29, 0.717) is 23.0 Å². The number of aryl methyl sites for hydroxylation is 2. The molecule has 0 bridgehead atoms. The summed E-state index contributed by atoms with van der Waals surface area (Å²) in [5.41, 5.74) is 1.37. The first-order valence-corrected chi connectivity index (χ1v) is 9.30. The molecule has 5 rings (SSSR count). The Morgan fingerprint density at radius 3 is 2.79 bits per heavy atom. The molecule has 0 saturated carbocycles. The first-order chi connectivity index (χ1) is 14.0. The van der Waals surface area contributed by atoms with Gasteiger partial charge in [-0.05, 0) is 49.2 Å². The standard InChI is InChI=1S/C22H16N2O5/c1-12-9-20(25)29-18-11-14(5-7-15(12)18)28-22(27)13-4-6-16-17(10-13)23-19-3-2-8-24(19)21(16)26/h4-7,9-11H,2-3,8H2,1H3. The lowest BCUT2D eigenvalue weighted by atomic mass is 10.1. The van der Waals surface area contributed by atoms with Crippen LogP contribution in [-0.2, 0) is 13.0 Å². The fraction of sp³-hybridized carbons (Fsp3) is 0.182. The van der Waals surface area contributed by atoms with Gasteiger partial charge in [0.05, 0.1) is 16.5 Å². The highest BCUT2D eigenvalue weighted by atomic mass is 16.5. The van der Waals surface area contributed by atoms with Crippen molar-refractivity contribution in [2.75, 3.05) is 0 Å². The molecule has 0 spiro atoms. The minimum absolute atomic E-state index is 0.0812. The average molecular weight is 388 g/mol. The number of carbonyl (C=O) groups excluding carboxylic acids is 1. The van der Waals surface area contributed by atoms with Crippen molar-refractivity contribution in [1.29, 1.82) is 0 Å². The largest absolute Gasteiger partial charge is 0.423 e. The topological polar surface area (TPSA) is 91.4 Å². The second-order valence-corrected chi connectivity index (χ2v) is 7.12. The number of fused-ring (bicyclic) bond motifs is 3. The van der Waals surface area contributed by atoms with Gasteiger partial charge in [0.2, 0.25) is 0 Å². The summed E-state index contributed by atoms with van der Waals surface area (Å²) in [5, 5.41) is 1.25. The van der Waals surface area contributed by atoms with Crippen LogP contribution in [0.5, 0.6) is 5.75 Å². The van der Waals surface area contributed by atoms with E-state index in [-0.39, 0.29) is 16.9 Å². The first-order valence-electron chi connectivity index (χ1n) is 9.30. The van der Waals surface area contributed by atoms with Gasteiger partial charge in [-0.15, -0.1) is 0 Å². The zero-order chi connectivity index (χ0) is 20.1. The molecule has 7 heteroatoms. The van der Waals surface area contributed by atoms with Crippen molar-refractivity contribution in [1.82, 2.24) is 9.55 Å². The van der Waals surface area contributed by atoms with E-state index in [9.17, 15) is 14.4 Å². The van der Waals surface area contributed by atoms with Gasteiger partial charge < -0.3 is 9.15 Å². The smallest absolute Gasteiger partial charge is 0.343 e. The SMILES string of the molecule is Cc1cc(=O)oc2cc(OC(=O)c3ccc4c(=O)n5c(nc4c3)CCC5)ccc12. The zero-order valence-corrected chi connectivity index (χ0v) is 15.6. The molecule has 0 unspecified atom stereocenters. The van der Waals surface area contributed by atoms with Gasteiger partial charge in [-0.25, -0.2) is 14.6 Å². The molecule has 4 aromatic rings. The number of benzene rings is 2. The van der Waals surface area contributed by atoms with E-state index < -0.39 is 11.6 Å². The molecule has 0 radical (unpaired) electrons. The van der Waals surface area contributed by atoms with Gasteiger partial charge in [-0.3, -0.25) is 9.36 Å². The Hall–Kier alpha value is -3.74. The molecule has 1 aliphatic rings. The van der Waals surface area contributed by atoms with Crippen molar-refractivity contribution in [3.8, 4) is 5.75 Å². The number of hydrogen-bond acceptors (Lipinski definition) is 6. The Bertz CT molecular complexity index is 1430. The van der Waals surface area contributed by atoms with Crippen molar-refractivity contribution in [3.63, 3.8) is 0 Å². The van der Waals surface area contributed by atoms with Crippen LogP contribution in [0.25, 0.3) is 21.9 Å². The van der Waals surface area contributed by atoms with Crippen molar-refractivity contribution >= 4 is 27.8 Å². The Balaban J connectivity index is 1.50. The van der Waals surface area contributed by atoms with Gasteiger partial charge in [0.1, 0.15) is 17.2 Å². The van der Waals surface area contributed by atoms with Gasteiger partial charge in [0, 0.05) is 30.5 Å². The van der Waals surface area contributed by atoms with Crippen LogP contribution in [-0.4, -0.2) is 15.5 Å². The van der Waals surface area contributed by atoms with Crippen LogP contribution >= 0.6 is 0 Å². The van der Waals surface area contributed by atoms with Crippen LogP contribution in [0.3, 0.4) is 0 Å². The Labute approximate surface area is 164 Å². The molecule has 0 N–H and O–H groups in total. The molecular weight excluding hydrogens is 372 g/mol. The molecule has 29 heavy (non-hydrogen) atoms. The van der Waals surface area contributed by atoms with E-state index in [0.717, 1.165) is 29.6 Å². The monoisotopic (exact) mass is 388 g/mol. The summed E-state index contributed by atoms with van der Waals surface area (Å²) in [4.78, 5) is 41.3. The maximum atomic E-state index is 12.6. The molecule has 7 nitrogen and oxygen atoms in total. The minimum atomic E-state index is -0.580. The molecular formula is C22H16N2O5. The van der Waals surface area contributed by atoms with E-state index in [2.05, 4.69) is 4.98 Å². The van der Waals surface area contributed by atoms with Crippen molar-refractivity contribution in [2.24, 2.45) is 0 Å². The van der Waals surface area contributed by atoms with Crippen LogP contribution in [0.1, 0.15) is 28.2 Å². The van der Waals surface area contributed by atoms with Gasteiger partial charge in [0.25, 0.3) is 5.56 Å². The second kappa shape index (κ2) is 6.41. The lowest BCUT2D eigenvalue weighted by Crippen LogP contribution is -2.21. The molecule has 144 valence electrons. The van der Waals surface area contributed by atoms with Crippen molar-refractivity contribution in [2.45, 2.75) is 26.3 Å². The summed E-state index contributed by atoms with van der Waals surface area (Å²) in [7, 11) is 0. The zero-order valence-electron chi connectivity index (χ0n) is 15.6. The first kappa shape index (κ1) is 17.4. The fourth-order valence-electron chi connectivity index (χ4n) is 3.75. The second-order valence-electron chi connectivity index (χ2n) is 7.12. The van der Waals surface area contributed by atoms with E-state index >= 15 is 0 Å². The molecule has 0 aliphatic carbocycles. The Morgan fingerprint density at radius 2 is 1.93 bits per heavy atom. The third-order valence-electron chi connectivity index (χ3n) is 5.19. The van der Waals surface area contributed by atoms with Gasteiger partial charge in [0.15, 0.2) is 0 Å².